The van der Waals surface area contributed by atoms with Gasteiger partial charge < -0.3 is 15.2 Å². The van der Waals surface area contributed by atoms with Crippen molar-refractivity contribution in [3.05, 3.63) is 17.4 Å². The molecule has 0 radical (unpaired) electrons. The minimum atomic E-state index is -0.500. The molecule has 0 heterocycles. The fourth-order valence-electron chi connectivity index (χ4n) is 1.64. The number of carbonyl (C=O) groups excluding carboxylic acids is 1. The number of thioether (sulfide) groups is 1. The molecule has 0 saturated carbocycles. The van der Waals surface area contributed by atoms with Crippen molar-refractivity contribution in [1.29, 1.82) is 0 Å². The molecule has 0 aliphatic heterocycles. The van der Waals surface area contributed by atoms with E-state index in [1.165, 1.54) is 32.0 Å². The Bertz CT molecular complexity index is 451. The Hall–Kier alpha value is -1.27. The molecule has 0 saturated heterocycles. The van der Waals surface area contributed by atoms with E-state index >= 15 is 0 Å². The number of benzene rings is 1. The van der Waals surface area contributed by atoms with Crippen molar-refractivity contribution in [3.63, 3.8) is 0 Å². The lowest BCUT2D eigenvalue weighted by molar-refractivity contribution is 0.0981. The van der Waals surface area contributed by atoms with E-state index in [2.05, 4.69) is 0 Å². The van der Waals surface area contributed by atoms with Gasteiger partial charge in [-0.15, -0.1) is 11.8 Å². The zero-order valence-electron chi connectivity index (χ0n) is 10.6. The van der Waals surface area contributed by atoms with E-state index < -0.39 is 5.82 Å². The number of ether oxygens (including phenoxy) is 2. The number of ketones is 1. The summed E-state index contributed by atoms with van der Waals surface area (Å²) >= 11 is 1.19. The Labute approximate surface area is 110 Å². The predicted molar refractivity (Wildman–Crippen MR) is 69.3 cm³/mol. The Morgan fingerprint density at radius 3 is 2.44 bits per heavy atom. The Kier molecular flexibility index (Phi) is 5.43. The summed E-state index contributed by atoms with van der Waals surface area (Å²) in [6, 6.07) is 1.17. The molecule has 0 fully saturated rings. The molecule has 0 aliphatic rings. The maximum Gasteiger partial charge on any atom is 0.178 e. The largest absolute Gasteiger partial charge is 0.492 e. The molecule has 0 atom stereocenters. The van der Waals surface area contributed by atoms with Gasteiger partial charge in [0.15, 0.2) is 17.3 Å². The lowest BCUT2D eigenvalue weighted by Gasteiger charge is -2.15. The molecule has 100 valence electrons. The Morgan fingerprint density at radius 2 is 2.00 bits per heavy atom. The zero-order chi connectivity index (χ0) is 13.7. The summed E-state index contributed by atoms with van der Waals surface area (Å²) in [6.07, 6.45) is 1.86. The third kappa shape index (κ3) is 2.76. The lowest BCUT2D eigenvalue weighted by Crippen LogP contribution is -2.11. The third-order valence-corrected chi connectivity index (χ3v) is 3.22. The molecular weight excluding hydrogens is 257 g/mol. The molecule has 0 amide bonds. The molecule has 0 aromatic heterocycles. The summed E-state index contributed by atoms with van der Waals surface area (Å²) < 4.78 is 24.2. The van der Waals surface area contributed by atoms with Crippen LogP contribution in [0.25, 0.3) is 0 Å². The summed E-state index contributed by atoms with van der Waals surface area (Å²) in [5.74, 6) is -0.271. The van der Waals surface area contributed by atoms with Crippen LogP contribution in [0.15, 0.2) is 11.0 Å². The topological polar surface area (TPSA) is 61.5 Å². The van der Waals surface area contributed by atoms with Gasteiger partial charge in [-0.1, -0.05) is 0 Å². The van der Waals surface area contributed by atoms with Gasteiger partial charge in [-0.25, -0.2) is 4.39 Å². The Morgan fingerprint density at radius 1 is 1.39 bits per heavy atom. The predicted octanol–water partition coefficient (Wildman–Crippen LogP) is 2.10. The van der Waals surface area contributed by atoms with Crippen LogP contribution in [-0.4, -0.2) is 32.8 Å². The van der Waals surface area contributed by atoms with Crippen LogP contribution in [0.3, 0.4) is 0 Å². The molecule has 2 N–H and O–H groups in total. The third-order valence-electron chi connectivity index (χ3n) is 2.43. The Balaban J connectivity index is 3.44. The number of hydrogen-bond acceptors (Lipinski definition) is 5. The number of carbonyl (C=O) groups is 1. The smallest absolute Gasteiger partial charge is 0.178 e. The number of rotatable bonds is 6. The first kappa shape index (κ1) is 14.8. The second-order valence-electron chi connectivity index (χ2n) is 3.47. The van der Waals surface area contributed by atoms with Gasteiger partial charge >= 0.3 is 0 Å². The summed E-state index contributed by atoms with van der Waals surface area (Å²) in [5.41, 5.74) is 5.49. The molecule has 0 spiro atoms. The van der Waals surface area contributed by atoms with Gasteiger partial charge in [-0.3, -0.25) is 4.79 Å². The van der Waals surface area contributed by atoms with Crippen molar-refractivity contribution in [2.45, 2.75) is 11.3 Å². The monoisotopic (exact) mass is 273 g/mol. The van der Waals surface area contributed by atoms with Crippen LogP contribution in [0, 0.1) is 5.82 Å². The number of hydrogen-bond donors (Lipinski definition) is 1. The fourth-order valence-corrected chi connectivity index (χ4v) is 2.26. The standard InChI is InChI=1S/C12H16FNO3S/c1-16-10-7(9(15)4-5-14)6-8(13)12(18-3)11(10)17-2/h6H,4-5,14H2,1-3H3. The van der Waals surface area contributed by atoms with Crippen molar-refractivity contribution in [3.8, 4) is 11.5 Å². The van der Waals surface area contributed by atoms with Crippen molar-refractivity contribution in [2.75, 3.05) is 27.0 Å². The molecule has 6 heteroatoms. The summed E-state index contributed by atoms with van der Waals surface area (Å²) in [7, 11) is 2.83. The lowest BCUT2D eigenvalue weighted by atomic mass is 10.1. The van der Waals surface area contributed by atoms with Crippen LogP contribution in [0.1, 0.15) is 16.8 Å². The number of Topliss-reactive ketones (excluding diaryl/α,β-unsaturated/α-hetero) is 1. The van der Waals surface area contributed by atoms with Crippen LogP contribution >= 0.6 is 11.8 Å². The molecular formula is C12H16FNO3S. The molecule has 0 unspecified atom stereocenters. The average molecular weight is 273 g/mol. The highest BCUT2D eigenvalue weighted by Gasteiger charge is 2.23. The fraction of sp³-hybridized carbons (Fsp3) is 0.417. The first-order valence-corrected chi connectivity index (χ1v) is 6.54. The van der Waals surface area contributed by atoms with E-state index in [9.17, 15) is 9.18 Å². The van der Waals surface area contributed by atoms with E-state index in [0.717, 1.165) is 0 Å². The van der Waals surface area contributed by atoms with Gasteiger partial charge in [-0.2, -0.15) is 0 Å². The summed E-state index contributed by atoms with van der Waals surface area (Å²) in [5, 5.41) is 0. The van der Waals surface area contributed by atoms with Gasteiger partial charge in [0.1, 0.15) is 5.82 Å². The van der Waals surface area contributed by atoms with E-state index in [4.69, 9.17) is 15.2 Å². The van der Waals surface area contributed by atoms with E-state index in [1.807, 2.05) is 0 Å². The van der Waals surface area contributed by atoms with E-state index in [-0.39, 0.29) is 35.8 Å². The zero-order valence-corrected chi connectivity index (χ0v) is 11.4. The highest BCUT2D eigenvalue weighted by Crippen LogP contribution is 2.41. The summed E-state index contributed by atoms with van der Waals surface area (Å²) in [6.45, 7) is 0.205. The molecule has 0 bridgehead atoms. The van der Waals surface area contributed by atoms with Gasteiger partial charge in [0.25, 0.3) is 0 Å². The SMILES string of the molecule is COc1c(C(=O)CCN)cc(F)c(SC)c1OC. The number of halogens is 1. The molecule has 0 aliphatic carbocycles. The van der Waals surface area contributed by atoms with Crippen molar-refractivity contribution in [1.82, 2.24) is 0 Å². The second-order valence-corrected chi connectivity index (χ2v) is 4.28. The molecule has 1 rings (SSSR count). The molecule has 4 nitrogen and oxygen atoms in total. The minimum absolute atomic E-state index is 0.136. The van der Waals surface area contributed by atoms with Crippen molar-refractivity contribution < 1.29 is 18.7 Å². The first-order chi connectivity index (χ1) is 8.60. The number of methoxy groups -OCH3 is 2. The maximum atomic E-state index is 13.9. The van der Waals surface area contributed by atoms with Gasteiger partial charge in [0.05, 0.1) is 24.7 Å². The molecule has 1 aromatic carbocycles. The van der Waals surface area contributed by atoms with E-state index in [0.29, 0.717) is 4.90 Å². The highest BCUT2D eigenvalue weighted by molar-refractivity contribution is 7.98. The van der Waals surface area contributed by atoms with E-state index in [1.54, 1.807) is 6.26 Å². The van der Waals surface area contributed by atoms with Crippen molar-refractivity contribution >= 4 is 17.5 Å². The van der Waals surface area contributed by atoms with Crippen LogP contribution in [-0.2, 0) is 0 Å². The minimum Gasteiger partial charge on any atom is -0.492 e. The van der Waals surface area contributed by atoms with Crippen LogP contribution < -0.4 is 15.2 Å². The van der Waals surface area contributed by atoms with Gasteiger partial charge in [0, 0.05) is 6.42 Å². The van der Waals surface area contributed by atoms with Gasteiger partial charge in [-0.05, 0) is 18.9 Å². The van der Waals surface area contributed by atoms with Crippen LogP contribution in [0.5, 0.6) is 11.5 Å². The average Bonchev–Trinajstić information content (AvgIpc) is 2.37. The highest BCUT2D eigenvalue weighted by atomic mass is 32.2. The normalized spacial score (nSPS) is 10.3. The number of nitrogens with two attached hydrogens (primary N) is 1. The van der Waals surface area contributed by atoms with Crippen LogP contribution in [0.4, 0.5) is 4.39 Å². The molecule has 1 aromatic rings. The van der Waals surface area contributed by atoms with Gasteiger partial charge in [0.2, 0.25) is 0 Å². The molecule has 18 heavy (non-hydrogen) atoms. The van der Waals surface area contributed by atoms with Crippen molar-refractivity contribution in [2.24, 2.45) is 5.73 Å². The quantitative estimate of drug-likeness (QED) is 0.635. The first-order valence-electron chi connectivity index (χ1n) is 5.32. The summed E-state index contributed by atoms with van der Waals surface area (Å²) in [4.78, 5) is 12.2. The maximum absolute atomic E-state index is 13.9. The van der Waals surface area contributed by atoms with Crippen LogP contribution in [0.2, 0.25) is 0 Å². The second kappa shape index (κ2) is 6.61.